The zero-order chi connectivity index (χ0) is 14.4. The molecule has 1 heterocycles. The third-order valence-electron chi connectivity index (χ3n) is 2.53. The molecule has 0 saturated carbocycles. The summed E-state index contributed by atoms with van der Waals surface area (Å²) in [5.74, 6) is 0.496. The van der Waals surface area contributed by atoms with Crippen LogP contribution in [0.2, 0.25) is 0 Å². The van der Waals surface area contributed by atoms with Gasteiger partial charge in [0.1, 0.15) is 0 Å². The largest absolute Gasteiger partial charge is 0.266 e. The summed E-state index contributed by atoms with van der Waals surface area (Å²) in [5.41, 5.74) is 2.49. The SMILES string of the molecule is Cc1nnc(SCCC=C(F)F)nc1-c1ccccc1. The number of nitrogens with zero attached hydrogens (tertiary/aromatic N) is 3. The molecule has 0 amide bonds. The molecule has 0 fully saturated rings. The van der Waals surface area contributed by atoms with Crippen LogP contribution in [0.25, 0.3) is 11.3 Å². The molecule has 6 heteroatoms. The van der Waals surface area contributed by atoms with Crippen molar-refractivity contribution in [2.24, 2.45) is 0 Å². The van der Waals surface area contributed by atoms with E-state index in [0.29, 0.717) is 10.9 Å². The van der Waals surface area contributed by atoms with Gasteiger partial charge >= 0.3 is 0 Å². The number of halogens is 2. The average molecular weight is 293 g/mol. The van der Waals surface area contributed by atoms with E-state index in [1.54, 1.807) is 0 Å². The normalized spacial score (nSPS) is 10.3. The Morgan fingerprint density at radius 3 is 2.65 bits per heavy atom. The number of aromatic nitrogens is 3. The maximum absolute atomic E-state index is 11.9. The molecule has 2 rings (SSSR count). The zero-order valence-electron chi connectivity index (χ0n) is 10.9. The Morgan fingerprint density at radius 1 is 1.20 bits per heavy atom. The first-order valence-electron chi connectivity index (χ1n) is 6.07. The Bertz CT molecular complexity index is 599. The molecule has 0 unspecified atom stereocenters. The monoisotopic (exact) mass is 293 g/mol. The van der Waals surface area contributed by atoms with E-state index in [4.69, 9.17) is 0 Å². The van der Waals surface area contributed by atoms with Gasteiger partial charge in [0.05, 0.1) is 11.4 Å². The smallest absolute Gasteiger partial charge is 0.219 e. The second kappa shape index (κ2) is 7.09. The van der Waals surface area contributed by atoms with Gasteiger partial charge in [-0.15, -0.1) is 5.10 Å². The fraction of sp³-hybridized carbons (Fsp3) is 0.214. The lowest BCUT2D eigenvalue weighted by Crippen LogP contribution is -1.98. The second-order valence-corrected chi connectivity index (χ2v) is 5.09. The van der Waals surface area contributed by atoms with Crippen molar-refractivity contribution in [3.63, 3.8) is 0 Å². The number of hydrogen-bond donors (Lipinski definition) is 0. The lowest BCUT2D eigenvalue weighted by atomic mass is 10.1. The highest BCUT2D eigenvalue weighted by Crippen LogP contribution is 2.22. The first-order valence-corrected chi connectivity index (χ1v) is 7.06. The molecule has 0 bridgehead atoms. The molecular weight excluding hydrogens is 280 g/mol. The van der Waals surface area contributed by atoms with Gasteiger partial charge in [-0.05, 0) is 19.4 Å². The van der Waals surface area contributed by atoms with Crippen molar-refractivity contribution in [1.29, 1.82) is 0 Å². The van der Waals surface area contributed by atoms with Crippen LogP contribution in [0.4, 0.5) is 8.78 Å². The fourth-order valence-electron chi connectivity index (χ4n) is 1.61. The van der Waals surface area contributed by atoms with Crippen LogP contribution in [-0.2, 0) is 0 Å². The Labute approximate surface area is 120 Å². The first-order chi connectivity index (χ1) is 9.66. The molecule has 3 nitrogen and oxygen atoms in total. The van der Waals surface area contributed by atoms with Crippen molar-refractivity contribution in [2.45, 2.75) is 18.5 Å². The van der Waals surface area contributed by atoms with Crippen LogP contribution in [0.3, 0.4) is 0 Å². The summed E-state index contributed by atoms with van der Waals surface area (Å²) in [4.78, 5) is 4.44. The van der Waals surface area contributed by atoms with Gasteiger partial charge in [-0.2, -0.15) is 13.9 Å². The van der Waals surface area contributed by atoms with E-state index in [1.807, 2.05) is 37.3 Å². The molecule has 0 aliphatic rings. The number of allylic oxidation sites excluding steroid dienone is 1. The molecule has 0 atom stereocenters. The number of aryl methyl sites for hydroxylation is 1. The van der Waals surface area contributed by atoms with Crippen molar-refractivity contribution in [3.8, 4) is 11.3 Å². The zero-order valence-corrected chi connectivity index (χ0v) is 11.7. The quantitative estimate of drug-likeness (QED) is 0.614. The van der Waals surface area contributed by atoms with Gasteiger partial charge in [0.15, 0.2) is 0 Å². The van der Waals surface area contributed by atoms with Crippen LogP contribution in [-0.4, -0.2) is 20.9 Å². The number of hydrogen-bond acceptors (Lipinski definition) is 4. The Kier molecular flexibility index (Phi) is 5.17. The predicted molar refractivity (Wildman–Crippen MR) is 75.6 cm³/mol. The predicted octanol–water partition coefficient (Wildman–Crippen LogP) is 4.11. The van der Waals surface area contributed by atoms with Crippen LogP contribution in [0.1, 0.15) is 12.1 Å². The molecule has 0 aliphatic heterocycles. The highest BCUT2D eigenvalue weighted by molar-refractivity contribution is 7.99. The molecule has 0 N–H and O–H groups in total. The van der Waals surface area contributed by atoms with Crippen molar-refractivity contribution in [3.05, 3.63) is 48.2 Å². The van der Waals surface area contributed by atoms with Crippen molar-refractivity contribution in [1.82, 2.24) is 15.2 Å². The van der Waals surface area contributed by atoms with Crippen molar-refractivity contribution >= 4 is 11.8 Å². The molecule has 0 spiro atoms. The van der Waals surface area contributed by atoms with Gasteiger partial charge < -0.3 is 0 Å². The molecule has 0 aliphatic carbocycles. The van der Waals surface area contributed by atoms with Gasteiger partial charge in [-0.25, -0.2) is 4.98 Å². The third kappa shape index (κ3) is 4.09. The van der Waals surface area contributed by atoms with E-state index < -0.39 is 6.08 Å². The number of benzene rings is 1. The number of thioether (sulfide) groups is 1. The van der Waals surface area contributed by atoms with Crippen molar-refractivity contribution < 1.29 is 8.78 Å². The minimum Gasteiger partial charge on any atom is -0.219 e. The van der Waals surface area contributed by atoms with E-state index in [2.05, 4.69) is 15.2 Å². The molecular formula is C14H13F2N3S. The maximum atomic E-state index is 11.9. The van der Waals surface area contributed by atoms with Crippen LogP contribution in [0, 0.1) is 6.92 Å². The molecule has 1 aromatic carbocycles. The second-order valence-electron chi connectivity index (χ2n) is 4.03. The summed E-state index contributed by atoms with van der Waals surface area (Å²) in [6.45, 7) is 1.85. The van der Waals surface area contributed by atoms with Gasteiger partial charge in [-0.3, -0.25) is 0 Å². The Balaban J connectivity index is 2.11. The van der Waals surface area contributed by atoms with E-state index in [-0.39, 0.29) is 6.42 Å². The van der Waals surface area contributed by atoms with Gasteiger partial charge in [0, 0.05) is 11.3 Å². The molecule has 2 aromatic rings. The number of rotatable bonds is 5. The minimum atomic E-state index is -1.65. The highest BCUT2D eigenvalue weighted by atomic mass is 32.2. The molecule has 0 saturated heterocycles. The topological polar surface area (TPSA) is 38.7 Å². The van der Waals surface area contributed by atoms with Gasteiger partial charge in [-0.1, -0.05) is 42.1 Å². The van der Waals surface area contributed by atoms with Gasteiger partial charge in [0.2, 0.25) is 5.16 Å². The van der Waals surface area contributed by atoms with Gasteiger partial charge in [0.25, 0.3) is 6.08 Å². The molecule has 1 aromatic heterocycles. The minimum absolute atomic E-state index is 0.283. The lowest BCUT2D eigenvalue weighted by Gasteiger charge is -2.05. The summed E-state index contributed by atoms with van der Waals surface area (Å²) in [6.07, 6.45) is -0.476. The maximum Gasteiger partial charge on any atom is 0.266 e. The van der Waals surface area contributed by atoms with E-state index >= 15 is 0 Å². The fourth-order valence-corrected chi connectivity index (χ4v) is 2.29. The van der Waals surface area contributed by atoms with Crippen LogP contribution in [0.5, 0.6) is 0 Å². The third-order valence-corrected chi connectivity index (χ3v) is 3.40. The summed E-state index contributed by atoms with van der Waals surface area (Å²) in [5, 5.41) is 8.55. The first kappa shape index (κ1) is 14.6. The highest BCUT2D eigenvalue weighted by Gasteiger charge is 2.08. The van der Waals surface area contributed by atoms with E-state index in [9.17, 15) is 8.78 Å². The summed E-state index contributed by atoms with van der Waals surface area (Å²) in [7, 11) is 0. The summed E-state index contributed by atoms with van der Waals surface area (Å²) >= 11 is 1.32. The molecule has 20 heavy (non-hydrogen) atoms. The van der Waals surface area contributed by atoms with E-state index in [1.165, 1.54) is 11.8 Å². The molecule has 0 radical (unpaired) electrons. The average Bonchev–Trinajstić information content (AvgIpc) is 2.46. The standard InChI is InChI=1S/C14H13F2N3S/c1-10-13(11-6-3-2-4-7-11)17-14(19-18-10)20-9-5-8-12(15)16/h2-4,6-8H,5,9H2,1H3. The Morgan fingerprint density at radius 2 is 1.95 bits per heavy atom. The van der Waals surface area contributed by atoms with Crippen LogP contribution in [0.15, 0.2) is 47.6 Å². The lowest BCUT2D eigenvalue weighted by molar-refractivity contribution is 0.418. The Hall–Kier alpha value is -1.82. The van der Waals surface area contributed by atoms with Crippen LogP contribution < -0.4 is 0 Å². The summed E-state index contributed by atoms with van der Waals surface area (Å²) < 4.78 is 23.8. The van der Waals surface area contributed by atoms with Crippen molar-refractivity contribution in [2.75, 3.05) is 5.75 Å². The molecule has 104 valence electrons. The summed E-state index contributed by atoms with van der Waals surface area (Å²) in [6, 6.07) is 9.69. The van der Waals surface area contributed by atoms with Crippen LogP contribution >= 0.6 is 11.8 Å². The van der Waals surface area contributed by atoms with E-state index in [0.717, 1.165) is 23.0 Å².